The molecule has 1 rings (SSSR count). The summed E-state index contributed by atoms with van der Waals surface area (Å²) in [6, 6.07) is 5.20. The molecular weight excluding hydrogens is 230 g/mol. The smallest absolute Gasteiger partial charge is 0.228 e. The summed E-state index contributed by atoms with van der Waals surface area (Å²) in [5.74, 6) is 3.33. The van der Waals surface area contributed by atoms with E-state index in [9.17, 15) is 4.79 Å². The number of nitrogens with one attached hydrogen (secondary N) is 1. The van der Waals surface area contributed by atoms with Gasteiger partial charge in [-0.25, -0.2) is 0 Å². The van der Waals surface area contributed by atoms with Gasteiger partial charge >= 0.3 is 0 Å². The average molecular weight is 247 g/mol. The largest absolute Gasteiger partial charge is 0.493 e. The van der Waals surface area contributed by atoms with Gasteiger partial charge in [-0.3, -0.25) is 4.79 Å². The van der Waals surface area contributed by atoms with E-state index in [2.05, 4.69) is 11.2 Å². The summed E-state index contributed by atoms with van der Waals surface area (Å²) >= 11 is 0. The van der Waals surface area contributed by atoms with Gasteiger partial charge in [0.25, 0.3) is 0 Å². The minimum atomic E-state index is -0.219. The van der Waals surface area contributed by atoms with Crippen molar-refractivity contribution in [2.75, 3.05) is 19.5 Å². The van der Waals surface area contributed by atoms with Crippen molar-refractivity contribution in [1.82, 2.24) is 0 Å². The van der Waals surface area contributed by atoms with E-state index in [1.807, 2.05) is 0 Å². The van der Waals surface area contributed by atoms with Crippen LogP contribution in [0.2, 0.25) is 0 Å². The molecule has 96 valence electrons. The Kier molecular flexibility index (Phi) is 5.06. The third kappa shape index (κ3) is 3.42. The van der Waals surface area contributed by atoms with E-state index in [0.717, 1.165) is 0 Å². The Morgan fingerprint density at radius 2 is 2.06 bits per heavy atom. The Morgan fingerprint density at radius 1 is 1.39 bits per heavy atom. The summed E-state index contributed by atoms with van der Waals surface area (Å²) < 4.78 is 10.3. The molecule has 1 unspecified atom stereocenters. The third-order valence-electron chi connectivity index (χ3n) is 2.52. The maximum Gasteiger partial charge on any atom is 0.228 e. The first-order valence-corrected chi connectivity index (χ1v) is 5.58. The van der Waals surface area contributed by atoms with Crippen LogP contribution in [0, 0.1) is 18.3 Å². The van der Waals surface area contributed by atoms with Crippen LogP contribution in [0.3, 0.4) is 0 Å². The summed E-state index contributed by atoms with van der Waals surface area (Å²) in [5.41, 5.74) is 0.654. The summed E-state index contributed by atoms with van der Waals surface area (Å²) in [5, 5.41) is 2.78. The zero-order chi connectivity index (χ0) is 13.5. The summed E-state index contributed by atoms with van der Waals surface area (Å²) in [6.45, 7) is 1.79. The molecular formula is C14H17NO3. The van der Waals surface area contributed by atoms with Crippen LogP contribution in [0.1, 0.15) is 13.3 Å². The van der Waals surface area contributed by atoms with Crippen molar-refractivity contribution in [1.29, 1.82) is 0 Å². The molecule has 0 saturated heterocycles. The van der Waals surface area contributed by atoms with E-state index >= 15 is 0 Å². The average Bonchev–Trinajstić information content (AvgIpc) is 2.38. The molecule has 18 heavy (non-hydrogen) atoms. The highest BCUT2D eigenvalue weighted by atomic mass is 16.5. The number of hydrogen-bond donors (Lipinski definition) is 1. The van der Waals surface area contributed by atoms with Gasteiger partial charge in [0.2, 0.25) is 5.91 Å². The number of rotatable bonds is 5. The van der Waals surface area contributed by atoms with E-state index in [4.69, 9.17) is 15.9 Å². The molecule has 1 aromatic rings. The van der Waals surface area contributed by atoms with Gasteiger partial charge in [0.1, 0.15) is 0 Å². The van der Waals surface area contributed by atoms with E-state index in [1.54, 1.807) is 39.3 Å². The summed E-state index contributed by atoms with van der Waals surface area (Å²) in [7, 11) is 3.11. The topological polar surface area (TPSA) is 47.6 Å². The summed E-state index contributed by atoms with van der Waals surface area (Å²) in [6.07, 6.45) is 5.59. The molecule has 0 aliphatic carbocycles. The van der Waals surface area contributed by atoms with Crippen LogP contribution in [-0.2, 0) is 4.79 Å². The first-order valence-electron chi connectivity index (χ1n) is 5.58. The maximum atomic E-state index is 11.8. The number of methoxy groups -OCH3 is 2. The van der Waals surface area contributed by atoms with Gasteiger partial charge < -0.3 is 14.8 Å². The van der Waals surface area contributed by atoms with Crippen molar-refractivity contribution >= 4 is 11.6 Å². The Bertz CT molecular complexity index is 463. The van der Waals surface area contributed by atoms with Crippen LogP contribution < -0.4 is 14.8 Å². The van der Waals surface area contributed by atoms with Crippen molar-refractivity contribution < 1.29 is 14.3 Å². The Balaban J connectivity index is 2.80. The number of carbonyl (C=O) groups is 1. The highest BCUT2D eigenvalue weighted by molar-refractivity contribution is 5.92. The lowest BCUT2D eigenvalue weighted by atomic mass is 10.1. The monoisotopic (exact) mass is 247 g/mol. The number of carbonyl (C=O) groups excluding carboxylic acids is 1. The highest BCUT2D eigenvalue weighted by Gasteiger charge is 2.12. The summed E-state index contributed by atoms with van der Waals surface area (Å²) in [4.78, 5) is 11.8. The van der Waals surface area contributed by atoms with Crippen molar-refractivity contribution in [3.05, 3.63) is 18.2 Å². The van der Waals surface area contributed by atoms with Crippen molar-refractivity contribution in [3.8, 4) is 23.8 Å². The highest BCUT2D eigenvalue weighted by Crippen LogP contribution is 2.29. The molecule has 0 aliphatic heterocycles. The quantitative estimate of drug-likeness (QED) is 0.812. The SMILES string of the molecule is C#CCC(C)C(=O)Nc1ccc(OC)c(OC)c1. The molecule has 0 bridgehead atoms. The van der Waals surface area contributed by atoms with Crippen LogP contribution in [0.4, 0.5) is 5.69 Å². The Hall–Kier alpha value is -2.15. The Morgan fingerprint density at radius 3 is 2.61 bits per heavy atom. The zero-order valence-corrected chi connectivity index (χ0v) is 10.8. The van der Waals surface area contributed by atoms with Gasteiger partial charge in [0.05, 0.1) is 14.2 Å². The van der Waals surface area contributed by atoms with E-state index < -0.39 is 0 Å². The molecule has 0 aromatic heterocycles. The van der Waals surface area contributed by atoms with Crippen molar-refractivity contribution in [2.24, 2.45) is 5.92 Å². The lowest BCUT2D eigenvalue weighted by Gasteiger charge is -2.12. The molecule has 0 fully saturated rings. The van der Waals surface area contributed by atoms with Gasteiger partial charge in [0, 0.05) is 24.1 Å². The predicted octanol–water partition coefficient (Wildman–Crippen LogP) is 2.30. The second-order valence-electron chi connectivity index (χ2n) is 3.87. The van der Waals surface area contributed by atoms with Crippen molar-refractivity contribution in [2.45, 2.75) is 13.3 Å². The maximum absolute atomic E-state index is 11.8. The van der Waals surface area contributed by atoms with E-state index in [-0.39, 0.29) is 11.8 Å². The molecule has 0 heterocycles. The molecule has 0 spiro atoms. The van der Waals surface area contributed by atoms with Gasteiger partial charge in [-0.15, -0.1) is 12.3 Å². The molecule has 1 aromatic carbocycles. The van der Waals surface area contributed by atoms with E-state index in [0.29, 0.717) is 23.6 Å². The standard InChI is InChI=1S/C14H17NO3/c1-5-6-10(2)14(16)15-11-7-8-12(17-3)13(9-11)18-4/h1,7-10H,6H2,2-4H3,(H,15,16). The molecule has 4 heteroatoms. The Labute approximate surface area is 107 Å². The van der Waals surface area contributed by atoms with Crippen LogP contribution >= 0.6 is 0 Å². The zero-order valence-electron chi connectivity index (χ0n) is 10.8. The lowest BCUT2D eigenvalue weighted by Crippen LogP contribution is -2.19. The number of anilines is 1. The van der Waals surface area contributed by atoms with Gasteiger partial charge in [-0.1, -0.05) is 6.92 Å². The number of amides is 1. The molecule has 1 atom stereocenters. The number of hydrogen-bond acceptors (Lipinski definition) is 3. The molecule has 0 radical (unpaired) electrons. The predicted molar refractivity (Wildman–Crippen MR) is 70.8 cm³/mol. The first-order chi connectivity index (χ1) is 8.62. The lowest BCUT2D eigenvalue weighted by molar-refractivity contribution is -0.119. The second-order valence-corrected chi connectivity index (χ2v) is 3.87. The van der Waals surface area contributed by atoms with Crippen LogP contribution in [0.25, 0.3) is 0 Å². The minimum Gasteiger partial charge on any atom is -0.493 e. The second kappa shape index (κ2) is 6.55. The van der Waals surface area contributed by atoms with Gasteiger partial charge in [-0.2, -0.15) is 0 Å². The fourth-order valence-corrected chi connectivity index (χ4v) is 1.45. The molecule has 4 nitrogen and oxygen atoms in total. The van der Waals surface area contributed by atoms with Crippen molar-refractivity contribution in [3.63, 3.8) is 0 Å². The number of ether oxygens (including phenoxy) is 2. The van der Waals surface area contributed by atoms with E-state index in [1.165, 1.54) is 0 Å². The number of benzene rings is 1. The third-order valence-corrected chi connectivity index (χ3v) is 2.52. The number of terminal acetylenes is 1. The molecule has 1 amide bonds. The minimum absolute atomic E-state index is 0.111. The molecule has 1 N–H and O–H groups in total. The fraction of sp³-hybridized carbons (Fsp3) is 0.357. The molecule has 0 aliphatic rings. The fourth-order valence-electron chi connectivity index (χ4n) is 1.45. The van der Waals surface area contributed by atoms with Crippen LogP contribution in [0.15, 0.2) is 18.2 Å². The molecule has 0 saturated carbocycles. The van der Waals surface area contributed by atoms with Gasteiger partial charge in [0.15, 0.2) is 11.5 Å². The van der Waals surface area contributed by atoms with Crippen LogP contribution in [0.5, 0.6) is 11.5 Å². The first kappa shape index (κ1) is 13.9. The normalized spacial score (nSPS) is 11.2. The van der Waals surface area contributed by atoms with Crippen LogP contribution in [-0.4, -0.2) is 20.1 Å². The van der Waals surface area contributed by atoms with Gasteiger partial charge in [-0.05, 0) is 12.1 Å².